The summed E-state index contributed by atoms with van der Waals surface area (Å²) in [4.78, 5) is 18.7. The lowest BCUT2D eigenvalue weighted by atomic mass is 10.2. The number of hydrogen-bond donors (Lipinski definition) is 3. The van der Waals surface area contributed by atoms with Gasteiger partial charge in [0, 0.05) is 35.3 Å². The highest BCUT2D eigenvalue weighted by Crippen LogP contribution is 2.32. The summed E-state index contributed by atoms with van der Waals surface area (Å²) in [5, 5.41) is 13.3. The molecule has 4 N–H and O–H groups in total. The van der Waals surface area contributed by atoms with Crippen molar-refractivity contribution in [3.05, 3.63) is 23.0 Å². The second kappa shape index (κ2) is 8.50. The molecule has 1 aromatic rings. The number of aromatic nitrogens is 1. The fraction of sp³-hybridized carbons (Fsp3) is 0.619. The van der Waals surface area contributed by atoms with Gasteiger partial charge in [0.05, 0.1) is 12.1 Å². The van der Waals surface area contributed by atoms with Crippen molar-refractivity contribution in [3.63, 3.8) is 0 Å². The van der Waals surface area contributed by atoms with E-state index in [0.29, 0.717) is 40.1 Å². The van der Waals surface area contributed by atoms with Crippen LogP contribution in [0.5, 0.6) is 0 Å². The molecule has 1 aromatic heterocycles. The molecule has 1 aliphatic carbocycles. The lowest BCUT2D eigenvalue weighted by Gasteiger charge is -2.36. The fourth-order valence-corrected chi connectivity index (χ4v) is 5.02. The summed E-state index contributed by atoms with van der Waals surface area (Å²) in [6.07, 6.45) is 5.50. The van der Waals surface area contributed by atoms with Crippen molar-refractivity contribution in [3.8, 4) is 0 Å². The van der Waals surface area contributed by atoms with Gasteiger partial charge in [-0.25, -0.2) is 9.78 Å². The summed E-state index contributed by atoms with van der Waals surface area (Å²) in [5.41, 5.74) is 7.42. The number of carbonyl (C=O) groups is 1. The van der Waals surface area contributed by atoms with Crippen LogP contribution in [-0.2, 0) is 4.74 Å². The smallest absolute Gasteiger partial charge is 0.411 e. The molecule has 3 aliphatic rings. The van der Waals surface area contributed by atoms with Gasteiger partial charge in [0.1, 0.15) is 28.9 Å². The van der Waals surface area contributed by atoms with Crippen LogP contribution in [0.1, 0.15) is 52.0 Å². The van der Waals surface area contributed by atoms with Gasteiger partial charge >= 0.3 is 11.3 Å². The molecule has 0 spiro atoms. The van der Waals surface area contributed by atoms with Gasteiger partial charge in [0.25, 0.3) is 0 Å². The van der Waals surface area contributed by atoms with Crippen molar-refractivity contribution in [1.82, 2.24) is 9.88 Å². The molecule has 3 fully saturated rings. The standard InChI is InChI=1S/C21H29ClN6O2S/c1-21(2,3)30-20(29)28-13-6-7-14(28)11-27(10-13)19(24)31-18(23)15-9-25-17(22)8-16(15)26-12-4-5-12/h8-9,12-14,24H,4-7,10-11H2,1-3H3,(H2,23,25,26)/p+1. The molecule has 2 atom stereocenters. The molecular weight excluding hydrogens is 436 g/mol. The molecule has 0 radical (unpaired) electrons. The molecular formula is C21H30ClN6O2S+. The number of piperazine rings is 1. The average Bonchev–Trinajstić information content (AvgIpc) is 3.43. The molecule has 10 heteroatoms. The van der Waals surface area contributed by atoms with Crippen LogP contribution in [0.4, 0.5) is 10.5 Å². The van der Waals surface area contributed by atoms with E-state index in [0.717, 1.165) is 31.4 Å². The normalized spacial score (nSPS) is 23.0. The summed E-state index contributed by atoms with van der Waals surface area (Å²) < 4.78 is 7.69. The first-order valence-electron chi connectivity index (χ1n) is 10.7. The van der Waals surface area contributed by atoms with Crippen LogP contribution in [0.2, 0.25) is 5.15 Å². The number of fused-ring (bicyclic) bond motifs is 2. The highest BCUT2D eigenvalue weighted by atomic mass is 35.5. The quantitative estimate of drug-likeness (QED) is 0.273. The molecule has 2 aliphatic heterocycles. The molecule has 8 nitrogen and oxygen atoms in total. The summed E-state index contributed by atoms with van der Waals surface area (Å²) in [7, 11) is 0. The maximum Gasteiger partial charge on any atom is 0.411 e. The Labute approximate surface area is 192 Å². The minimum absolute atomic E-state index is 0.0752. The maximum absolute atomic E-state index is 12.7. The highest BCUT2D eigenvalue weighted by molar-refractivity contribution is 8.26. The summed E-state index contributed by atoms with van der Waals surface area (Å²) in [5.74, 6) is 0. The number of rotatable bonds is 3. The molecule has 2 bridgehead atoms. The van der Waals surface area contributed by atoms with Crippen molar-refractivity contribution in [2.45, 2.75) is 70.2 Å². The van der Waals surface area contributed by atoms with Gasteiger partial charge in [0.2, 0.25) is 0 Å². The molecule has 2 unspecified atom stereocenters. The summed E-state index contributed by atoms with van der Waals surface area (Å²) >= 11 is 7.29. The van der Waals surface area contributed by atoms with Gasteiger partial charge in [-0.15, -0.1) is 0 Å². The maximum atomic E-state index is 12.7. The number of nitrogens with zero attached hydrogens (tertiary/aromatic N) is 3. The molecule has 3 heterocycles. The Morgan fingerprint density at radius 3 is 2.55 bits per heavy atom. The highest BCUT2D eigenvalue weighted by Gasteiger charge is 2.45. The van der Waals surface area contributed by atoms with Crippen molar-refractivity contribution in [1.29, 1.82) is 5.41 Å². The zero-order chi connectivity index (χ0) is 22.3. The predicted molar refractivity (Wildman–Crippen MR) is 124 cm³/mol. The van der Waals surface area contributed by atoms with Crippen molar-refractivity contribution >= 4 is 45.4 Å². The molecule has 0 aromatic carbocycles. The number of anilines is 1. The minimum atomic E-state index is -0.511. The number of ether oxygens (including phenoxy) is 1. The van der Waals surface area contributed by atoms with E-state index in [1.54, 1.807) is 12.3 Å². The number of amidine groups is 1. The van der Waals surface area contributed by atoms with Crippen molar-refractivity contribution in [2.24, 2.45) is 5.73 Å². The first kappa shape index (κ1) is 22.2. The number of nitrogens with one attached hydrogen (secondary N) is 2. The topological polar surface area (TPSA) is 107 Å². The SMILES string of the molecule is CC(C)(C)OC(=O)N1C2CCC1C[N+](=C(N)SC(=N)c1cnc(Cl)cc1NC1CC1)C2. The molecule has 4 rings (SSSR count). The van der Waals surface area contributed by atoms with Gasteiger partial charge in [-0.1, -0.05) is 11.6 Å². The Kier molecular flexibility index (Phi) is 6.09. The third-order valence-electron chi connectivity index (χ3n) is 5.66. The van der Waals surface area contributed by atoms with Crippen molar-refractivity contribution in [2.75, 3.05) is 18.4 Å². The number of amides is 1. The van der Waals surface area contributed by atoms with Crippen LogP contribution in [0.25, 0.3) is 0 Å². The van der Waals surface area contributed by atoms with E-state index >= 15 is 0 Å². The molecule has 1 amide bonds. The van der Waals surface area contributed by atoms with Crippen LogP contribution < -0.4 is 11.1 Å². The largest absolute Gasteiger partial charge is 0.444 e. The van der Waals surface area contributed by atoms with E-state index in [2.05, 4.69) is 14.9 Å². The Morgan fingerprint density at radius 2 is 1.97 bits per heavy atom. The Morgan fingerprint density at radius 1 is 1.32 bits per heavy atom. The second-order valence-corrected chi connectivity index (χ2v) is 10.8. The summed E-state index contributed by atoms with van der Waals surface area (Å²) in [6, 6.07) is 2.35. The van der Waals surface area contributed by atoms with Crippen LogP contribution in [-0.4, -0.2) is 67.6 Å². The van der Waals surface area contributed by atoms with E-state index in [4.69, 9.17) is 27.5 Å². The van der Waals surface area contributed by atoms with E-state index in [1.807, 2.05) is 25.7 Å². The fourth-order valence-electron chi connectivity index (χ4n) is 4.10. The first-order chi connectivity index (χ1) is 14.6. The lowest BCUT2D eigenvalue weighted by molar-refractivity contribution is -0.546. The summed E-state index contributed by atoms with van der Waals surface area (Å²) in [6.45, 7) is 6.95. The lowest BCUT2D eigenvalue weighted by Crippen LogP contribution is -2.55. The number of hydrogen-bond acceptors (Lipinski definition) is 6. The molecule has 168 valence electrons. The van der Waals surface area contributed by atoms with Gasteiger partial charge in [-0.3, -0.25) is 20.6 Å². The van der Waals surface area contributed by atoms with E-state index in [-0.39, 0.29) is 18.2 Å². The van der Waals surface area contributed by atoms with Crippen LogP contribution in [0.3, 0.4) is 0 Å². The number of carbonyl (C=O) groups excluding carboxylic acids is 1. The van der Waals surface area contributed by atoms with E-state index < -0.39 is 5.60 Å². The minimum Gasteiger partial charge on any atom is -0.444 e. The number of nitrogens with two attached hydrogens (primary N) is 1. The monoisotopic (exact) mass is 465 g/mol. The van der Waals surface area contributed by atoms with E-state index in [9.17, 15) is 4.79 Å². The van der Waals surface area contributed by atoms with Gasteiger partial charge in [-0.05, 0) is 52.5 Å². The molecule has 2 saturated heterocycles. The Balaban J connectivity index is 1.46. The zero-order valence-corrected chi connectivity index (χ0v) is 19.7. The van der Waals surface area contributed by atoms with Gasteiger partial charge < -0.3 is 10.1 Å². The Hall–Kier alpha value is -2.00. The zero-order valence-electron chi connectivity index (χ0n) is 18.2. The number of pyridine rings is 1. The Bertz CT molecular complexity index is 911. The van der Waals surface area contributed by atoms with Crippen molar-refractivity contribution < 1.29 is 14.1 Å². The number of halogens is 1. The molecule has 31 heavy (non-hydrogen) atoms. The third kappa shape index (κ3) is 5.26. The van der Waals surface area contributed by atoms with Crippen LogP contribution in [0, 0.1) is 5.41 Å². The molecule has 1 saturated carbocycles. The average molecular weight is 466 g/mol. The van der Waals surface area contributed by atoms with Gasteiger partial charge in [0.15, 0.2) is 0 Å². The van der Waals surface area contributed by atoms with Crippen LogP contribution >= 0.6 is 23.4 Å². The predicted octanol–water partition coefficient (Wildman–Crippen LogP) is 3.48. The second-order valence-electron chi connectivity index (χ2n) is 9.42. The van der Waals surface area contributed by atoms with E-state index in [1.165, 1.54) is 11.8 Å². The number of thioether (sulfide) groups is 1. The first-order valence-corrected chi connectivity index (χ1v) is 11.9. The van der Waals surface area contributed by atoms with Gasteiger partial charge in [-0.2, -0.15) is 0 Å². The third-order valence-corrected chi connectivity index (χ3v) is 6.76. The van der Waals surface area contributed by atoms with Crippen LogP contribution in [0.15, 0.2) is 12.3 Å².